The van der Waals surface area contributed by atoms with Crippen molar-refractivity contribution in [2.24, 2.45) is 0 Å². The third-order valence-electron chi connectivity index (χ3n) is 12.6. The third-order valence-corrected chi connectivity index (χ3v) is 12.6. The summed E-state index contributed by atoms with van der Waals surface area (Å²) in [7, 11) is 0. The number of hydrogen-bond donors (Lipinski definition) is 0. The largest absolute Gasteiger partial charge is 0.311 e. The van der Waals surface area contributed by atoms with E-state index in [-0.39, 0.29) is 0 Å². The van der Waals surface area contributed by atoms with Crippen molar-refractivity contribution in [2.45, 2.75) is 19.3 Å². The van der Waals surface area contributed by atoms with E-state index in [0.717, 1.165) is 44.9 Å². The highest BCUT2D eigenvalue weighted by atomic mass is 15.1. The van der Waals surface area contributed by atoms with E-state index in [1.165, 1.54) is 44.5 Å². The van der Waals surface area contributed by atoms with Crippen molar-refractivity contribution in [1.29, 1.82) is 0 Å². The Morgan fingerprint density at radius 1 is 0.297 bits per heavy atom. The van der Waals surface area contributed by atoms with Crippen LogP contribution in [0.4, 0.5) is 17.1 Å². The number of aryl methyl sites for hydroxylation is 2. The van der Waals surface area contributed by atoms with Crippen LogP contribution in [-0.4, -0.2) is 15.0 Å². The molecule has 0 atom stereocenters. The quantitative estimate of drug-likeness (QED) is 0.145. The van der Waals surface area contributed by atoms with E-state index in [9.17, 15) is 0 Å². The second kappa shape index (κ2) is 16.2. The van der Waals surface area contributed by atoms with Crippen molar-refractivity contribution >= 4 is 17.1 Å². The lowest BCUT2D eigenvalue weighted by molar-refractivity contribution is 0.768. The van der Waals surface area contributed by atoms with Gasteiger partial charge in [-0.3, -0.25) is 0 Å². The van der Waals surface area contributed by atoms with Crippen LogP contribution in [0.25, 0.3) is 56.4 Å². The van der Waals surface area contributed by atoms with Gasteiger partial charge in [-0.05, 0) is 94.8 Å². The molecule has 0 amide bonds. The summed E-state index contributed by atoms with van der Waals surface area (Å²) in [6.45, 7) is 4.26. The molecule has 9 aromatic carbocycles. The fraction of sp³-hybridized carbons (Fsp3) is 0.0500. The van der Waals surface area contributed by atoms with Gasteiger partial charge in [0.25, 0.3) is 0 Å². The lowest BCUT2D eigenvalue weighted by Gasteiger charge is -2.34. The van der Waals surface area contributed by atoms with E-state index in [0.29, 0.717) is 17.5 Å². The van der Waals surface area contributed by atoms with E-state index in [4.69, 9.17) is 15.0 Å². The maximum atomic E-state index is 5.04. The van der Waals surface area contributed by atoms with Crippen LogP contribution in [0.2, 0.25) is 0 Å². The molecule has 64 heavy (non-hydrogen) atoms. The average molecular weight is 821 g/mol. The summed E-state index contributed by atoms with van der Waals surface area (Å²) in [6, 6.07) is 82.5. The highest BCUT2D eigenvalue weighted by Crippen LogP contribution is 2.56. The van der Waals surface area contributed by atoms with Crippen LogP contribution < -0.4 is 4.90 Å². The van der Waals surface area contributed by atoms with Crippen molar-refractivity contribution < 1.29 is 0 Å². The van der Waals surface area contributed by atoms with Gasteiger partial charge in [0, 0.05) is 33.8 Å². The van der Waals surface area contributed by atoms with E-state index >= 15 is 0 Å². The molecule has 1 aromatic heterocycles. The lowest BCUT2D eigenvalue weighted by atomic mass is 9.67. The zero-order valence-electron chi connectivity index (χ0n) is 35.7. The number of rotatable bonds is 9. The van der Waals surface area contributed by atoms with Crippen molar-refractivity contribution in [2.75, 3.05) is 4.90 Å². The molecule has 10 aromatic rings. The zero-order valence-corrected chi connectivity index (χ0v) is 35.7. The molecule has 0 N–H and O–H groups in total. The third kappa shape index (κ3) is 6.86. The molecule has 0 unspecified atom stereocenters. The lowest BCUT2D eigenvalue weighted by Crippen LogP contribution is -2.28. The molecule has 0 radical (unpaired) electrons. The summed E-state index contributed by atoms with van der Waals surface area (Å²) in [6.07, 6.45) is 0. The summed E-state index contributed by atoms with van der Waals surface area (Å²) in [4.78, 5) is 17.3. The molecule has 1 aliphatic carbocycles. The Bertz CT molecular complexity index is 3090. The van der Waals surface area contributed by atoms with Crippen LogP contribution in [-0.2, 0) is 5.41 Å². The van der Waals surface area contributed by atoms with Gasteiger partial charge in [0.2, 0.25) is 0 Å². The standard InChI is InChI=1S/C60H44N4/c1-41-21-35-50(36-22-41)64(51-37-23-42(2)24-38-51)52-39-29-44(30-40-52)43-25-31-48(32-26-43)60(55-19-11-9-17-53(55)54-18-10-12-20-56(54)60)49-33-27-47(28-34-49)59-62-57(45-13-5-3-6-14-45)61-58(63-59)46-15-7-4-8-16-46/h3-40H,1-2H3. The van der Waals surface area contributed by atoms with Gasteiger partial charge in [-0.2, -0.15) is 0 Å². The zero-order chi connectivity index (χ0) is 43.0. The monoisotopic (exact) mass is 820 g/mol. The summed E-state index contributed by atoms with van der Waals surface area (Å²) in [5.74, 6) is 1.93. The molecule has 304 valence electrons. The summed E-state index contributed by atoms with van der Waals surface area (Å²) in [5.41, 5.74) is 17.9. The van der Waals surface area contributed by atoms with Gasteiger partial charge in [0.05, 0.1) is 5.41 Å². The summed E-state index contributed by atoms with van der Waals surface area (Å²) < 4.78 is 0. The van der Waals surface area contributed by atoms with Crippen LogP contribution in [0.15, 0.2) is 231 Å². The molecule has 1 heterocycles. The first-order valence-corrected chi connectivity index (χ1v) is 21.8. The Labute approximate surface area is 374 Å². The summed E-state index contributed by atoms with van der Waals surface area (Å²) >= 11 is 0. The van der Waals surface area contributed by atoms with E-state index in [1.54, 1.807) is 0 Å². The van der Waals surface area contributed by atoms with Crippen LogP contribution >= 0.6 is 0 Å². The van der Waals surface area contributed by atoms with E-state index in [2.05, 4.69) is 189 Å². The van der Waals surface area contributed by atoms with Crippen LogP contribution in [0.5, 0.6) is 0 Å². The highest BCUT2D eigenvalue weighted by Gasteiger charge is 2.45. The number of benzene rings is 9. The summed E-state index contributed by atoms with van der Waals surface area (Å²) in [5, 5.41) is 0. The molecular formula is C60H44N4. The first kappa shape index (κ1) is 38.7. The minimum atomic E-state index is -0.555. The molecule has 4 heteroatoms. The molecule has 0 fully saturated rings. The molecule has 0 saturated heterocycles. The number of hydrogen-bond acceptors (Lipinski definition) is 4. The fourth-order valence-electron chi connectivity index (χ4n) is 9.38. The van der Waals surface area contributed by atoms with Gasteiger partial charge in [-0.25, -0.2) is 15.0 Å². The molecule has 11 rings (SSSR count). The van der Waals surface area contributed by atoms with Crippen molar-refractivity contribution in [3.63, 3.8) is 0 Å². The SMILES string of the molecule is Cc1ccc(N(c2ccc(C)cc2)c2ccc(-c3ccc(C4(c5ccc(-c6nc(-c7ccccc7)nc(-c7ccccc7)n6)cc5)c5ccccc5-c5ccccc54)cc3)cc2)cc1. The van der Waals surface area contributed by atoms with Gasteiger partial charge < -0.3 is 4.90 Å². The van der Waals surface area contributed by atoms with Crippen molar-refractivity contribution in [3.05, 3.63) is 264 Å². The number of fused-ring (bicyclic) bond motifs is 3. The second-order valence-corrected chi connectivity index (χ2v) is 16.6. The van der Waals surface area contributed by atoms with Gasteiger partial charge in [-0.1, -0.05) is 205 Å². The van der Waals surface area contributed by atoms with Gasteiger partial charge in [0.15, 0.2) is 17.5 Å². The normalized spacial score (nSPS) is 12.3. The van der Waals surface area contributed by atoms with Crippen LogP contribution in [0.3, 0.4) is 0 Å². The maximum Gasteiger partial charge on any atom is 0.164 e. The predicted molar refractivity (Wildman–Crippen MR) is 263 cm³/mol. The topological polar surface area (TPSA) is 41.9 Å². The second-order valence-electron chi connectivity index (χ2n) is 16.6. The Balaban J connectivity index is 0.990. The fourth-order valence-corrected chi connectivity index (χ4v) is 9.38. The first-order chi connectivity index (χ1) is 31.5. The molecular weight excluding hydrogens is 777 g/mol. The number of nitrogens with zero attached hydrogens (tertiary/aromatic N) is 4. The van der Waals surface area contributed by atoms with Crippen LogP contribution in [0, 0.1) is 13.8 Å². The Morgan fingerprint density at radius 3 is 1.02 bits per heavy atom. The van der Waals surface area contributed by atoms with E-state index < -0.39 is 5.41 Å². The smallest absolute Gasteiger partial charge is 0.164 e. The van der Waals surface area contributed by atoms with E-state index in [1.807, 2.05) is 60.7 Å². The highest BCUT2D eigenvalue weighted by molar-refractivity contribution is 5.87. The van der Waals surface area contributed by atoms with Gasteiger partial charge >= 0.3 is 0 Å². The molecule has 0 bridgehead atoms. The molecule has 0 aliphatic heterocycles. The predicted octanol–water partition coefficient (Wildman–Crippen LogP) is 15.0. The minimum absolute atomic E-state index is 0.555. The molecule has 0 saturated carbocycles. The maximum absolute atomic E-state index is 5.04. The Kier molecular flexibility index (Phi) is 9.82. The van der Waals surface area contributed by atoms with Gasteiger partial charge in [0.1, 0.15) is 0 Å². The Hall–Kier alpha value is -8.21. The first-order valence-electron chi connectivity index (χ1n) is 21.8. The molecule has 4 nitrogen and oxygen atoms in total. The Morgan fingerprint density at radius 2 is 0.609 bits per heavy atom. The number of anilines is 3. The van der Waals surface area contributed by atoms with Gasteiger partial charge in [-0.15, -0.1) is 0 Å². The number of aromatic nitrogens is 3. The van der Waals surface area contributed by atoms with Crippen LogP contribution in [0.1, 0.15) is 33.4 Å². The molecule has 0 spiro atoms. The molecule has 1 aliphatic rings. The minimum Gasteiger partial charge on any atom is -0.311 e. The van der Waals surface area contributed by atoms with Crippen molar-refractivity contribution in [1.82, 2.24) is 15.0 Å². The van der Waals surface area contributed by atoms with Crippen molar-refractivity contribution in [3.8, 4) is 56.4 Å². The average Bonchev–Trinajstić information content (AvgIpc) is 3.67.